The van der Waals surface area contributed by atoms with Crippen LogP contribution in [-0.2, 0) is 16.0 Å². The highest BCUT2D eigenvalue weighted by Crippen LogP contribution is 2.30. The summed E-state index contributed by atoms with van der Waals surface area (Å²) in [5, 5.41) is 9.30. The van der Waals surface area contributed by atoms with Crippen LogP contribution in [-0.4, -0.2) is 22.9 Å². The lowest BCUT2D eigenvalue weighted by Crippen LogP contribution is -2.33. The third-order valence-electron chi connectivity index (χ3n) is 4.35. The quantitative estimate of drug-likeness (QED) is 0.661. The van der Waals surface area contributed by atoms with Gasteiger partial charge in [0.2, 0.25) is 23.5 Å². The number of nitrogens with zero attached hydrogens (tertiary/aromatic N) is 1. The van der Waals surface area contributed by atoms with E-state index in [1.165, 1.54) is 6.07 Å². The number of aryl methyl sites for hydroxylation is 1. The van der Waals surface area contributed by atoms with Gasteiger partial charge in [0.1, 0.15) is 11.2 Å². The van der Waals surface area contributed by atoms with Gasteiger partial charge in [0, 0.05) is 31.5 Å². The molecule has 9 nitrogen and oxygen atoms in total. The van der Waals surface area contributed by atoms with E-state index in [1.807, 2.05) is 6.92 Å². The van der Waals surface area contributed by atoms with Gasteiger partial charge in [-0.25, -0.2) is 9.69 Å². The summed E-state index contributed by atoms with van der Waals surface area (Å²) in [6.45, 7) is 4.14. The molecule has 2 amide bonds. The predicted octanol–water partition coefficient (Wildman–Crippen LogP) is 2.45. The number of carbonyl (C=O) groups excluding carboxylic acids is 2. The van der Waals surface area contributed by atoms with Crippen molar-refractivity contribution >= 4 is 45.6 Å². The molecule has 2 aromatic heterocycles. The van der Waals surface area contributed by atoms with Crippen molar-refractivity contribution in [2.75, 3.05) is 4.90 Å². The minimum absolute atomic E-state index is 0.0123. The Balaban J connectivity index is 2.50. The van der Waals surface area contributed by atoms with Crippen LogP contribution in [0.25, 0.3) is 21.9 Å². The Labute approximate surface area is 163 Å². The standard InChI is InChI=1S/C20H17NO8/c1-4-5-11-18-12(14(24)7-16(28-18)20(26)27)6-13-15(25)8-17(29-19(11)13)21(9(2)22)10(3)23/h6-8H,4-5H2,1-3H3,(H,26,27). The molecule has 0 saturated heterocycles. The van der Waals surface area contributed by atoms with E-state index in [4.69, 9.17) is 8.83 Å². The fourth-order valence-electron chi connectivity index (χ4n) is 3.19. The molecule has 3 rings (SSSR count). The maximum atomic E-state index is 12.7. The summed E-state index contributed by atoms with van der Waals surface area (Å²) in [6.07, 6.45) is 0.860. The number of carboxylic acid groups (broad SMARTS) is 1. The number of aromatic carboxylic acids is 1. The van der Waals surface area contributed by atoms with Crippen LogP contribution in [0.5, 0.6) is 0 Å². The van der Waals surface area contributed by atoms with Gasteiger partial charge >= 0.3 is 5.97 Å². The number of benzene rings is 1. The Morgan fingerprint density at radius 2 is 1.48 bits per heavy atom. The zero-order valence-corrected chi connectivity index (χ0v) is 15.9. The van der Waals surface area contributed by atoms with Crippen LogP contribution < -0.4 is 15.8 Å². The van der Waals surface area contributed by atoms with Gasteiger partial charge in [0.05, 0.1) is 10.8 Å². The molecule has 0 aliphatic heterocycles. The predicted molar refractivity (Wildman–Crippen MR) is 103 cm³/mol. The topological polar surface area (TPSA) is 135 Å². The molecule has 0 atom stereocenters. The average Bonchev–Trinajstić information content (AvgIpc) is 2.62. The van der Waals surface area contributed by atoms with Crippen molar-refractivity contribution in [2.24, 2.45) is 0 Å². The molecule has 0 bridgehead atoms. The maximum absolute atomic E-state index is 12.7. The Morgan fingerprint density at radius 3 is 2.00 bits per heavy atom. The zero-order valence-electron chi connectivity index (χ0n) is 15.9. The molecular formula is C20H17NO8. The van der Waals surface area contributed by atoms with Crippen molar-refractivity contribution in [3.8, 4) is 0 Å². The monoisotopic (exact) mass is 399 g/mol. The third kappa shape index (κ3) is 3.42. The average molecular weight is 399 g/mol. The Morgan fingerprint density at radius 1 is 0.931 bits per heavy atom. The number of hydrogen-bond donors (Lipinski definition) is 1. The summed E-state index contributed by atoms with van der Waals surface area (Å²) in [5.41, 5.74) is -0.844. The molecule has 2 heterocycles. The summed E-state index contributed by atoms with van der Waals surface area (Å²) < 4.78 is 11.2. The lowest BCUT2D eigenvalue weighted by molar-refractivity contribution is -0.124. The van der Waals surface area contributed by atoms with E-state index in [-0.39, 0.29) is 27.8 Å². The molecule has 0 aliphatic rings. The molecule has 1 aromatic carbocycles. The maximum Gasteiger partial charge on any atom is 0.371 e. The molecule has 0 saturated carbocycles. The first-order chi connectivity index (χ1) is 13.6. The second-order valence-electron chi connectivity index (χ2n) is 6.46. The SMILES string of the molecule is CCCc1c2oc(C(=O)O)cc(=O)c2cc2c(=O)cc(N(C(C)=O)C(C)=O)oc12. The number of carboxylic acids is 1. The van der Waals surface area contributed by atoms with Crippen molar-refractivity contribution in [1.29, 1.82) is 0 Å². The first-order valence-electron chi connectivity index (χ1n) is 8.77. The largest absolute Gasteiger partial charge is 0.475 e. The van der Waals surface area contributed by atoms with E-state index in [9.17, 15) is 29.1 Å². The van der Waals surface area contributed by atoms with Crippen LogP contribution >= 0.6 is 0 Å². The van der Waals surface area contributed by atoms with Crippen molar-refractivity contribution in [3.05, 3.63) is 50.0 Å². The number of anilines is 1. The molecule has 0 fully saturated rings. The highest BCUT2D eigenvalue weighted by molar-refractivity contribution is 6.12. The molecule has 0 aliphatic carbocycles. The summed E-state index contributed by atoms with van der Waals surface area (Å²) in [6, 6.07) is 3.11. The van der Waals surface area contributed by atoms with Crippen molar-refractivity contribution < 1.29 is 28.3 Å². The highest BCUT2D eigenvalue weighted by Gasteiger charge is 2.23. The third-order valence-corrected chi connectivity index (χ3v) is 4.35. The van der Waals surface area contributed by atoms with Gasteiger partial charge in [0.15, 0.2) is 10.9 Å². The van der Waals surface area contributed by atoms with E-state index >= 15 is 0 Å². The van der Waals surface area contributed by atoms with Crippen molar-refractivity contribution in [3.63, 3.8) is 0 Å². The minimum Gasteiger partial charge on any atom is -0.475 e. The first kappa shape index (κ1) is 20.0. The van der Waals surface area contributed by atoms with Crippen molar-refractivity contribution in [2.45, 2.75) is 33.6 Å². The zero-order chi connectivity index (χ0) is 21.5. The van der Waals surface area contributed by atoms with E-state index < -0.39 is 34.4 Å². The fraction of sp³-hybridized carbons (Fsp3) is 0.250. The molecular weight excluding hydrogens is 382 g/mol. The Bertz CT molecular complexity index is 1280. The van der Waals surface area contributed by atoms with Gasteiger partial charge < -0.3 is 13.9 Å². The Hall–Kier alpha value is -3.75. The van der Waals surface area contributed by atoms with E-state index in [0.29, 0.717) is 23.3 Å². The number of fused-ring (bicyclic) bond motifs is 2. The van der Waals surface area contributed by atoms with Gasteiger partial charge in [0.25, 0.3) is 0 Å². The van der Waals surface area contributed by atoms with Crippen LogP contribution in [0.2, 0.25) is 0 Å². The summed E-state index contributed by atoms with van der Waals surface area (Å²) >= 11 is 0. The van der Waals surface area contributed by atoms with Crippen LogP contribution in [0.1, 0.15) is 43.3 Å². The van der Waals surface area contributed by atoms with Gasteiger partial charge in [-0.15, -0.1) is 0 Å². The van der Waals surface area contributed by atoms with Crippen LogP contribution in [0.15, 0.2) is 36.6 Å². The van der Waals surface area contributed by atoms with Crippen LogP contribution in [0.4, 0.5) is 5.88 Å². The van der Waals surface area contributed by atoms with Crippen LogP contribution in [0.3, 0.4) is 0 Å². The molecule has 0 radical (unpaired) electrons. The lowest BCUT2D eigenvalue weighted by atomic mass is 10.0. The molecule has 29 heavy (non-hydrogen) atoms. The second-order valence-corrected chi connectivity index (χ2v) is 6.46. The van der Waals surface area contributed by atoms with Gasteiger partial charge in [-0.2, -0.15) is 0 Å². The Kier molecular flexibility index (Phi) is 5.06. The summed E-state index contributed by atoms with van der Waals surface area (Å²) in [4.78, 5) is 60.8. The van der Waals surface area contributed by atoms with Crippen LogP contribution in [0, 0.1) is 0 Å². The number of hydrogen-bond acceptors (Lipinski definition) is 7. The molecule has 0 spiro atoms. The molecule has 3 aromatic rings. The molecule has 150 valence electrons. The number of carbonyl (C=O) groups is 3. The van der Waals surface area contributed by atoms with Gasteiger partial charge in [-0.3, -0.25) is 19.2 Å². The number of amides is 2. The van der Waals surface area contributed by atoms with Gasteiger partial charge in [-0.05, 0) is 12.5 Å². The number of rotatable bonds is 4. The molecule has 9 heteroatoms. The van der Waals surface area contributed by atoms with Crippen molar-refractivity contribution in [1.82, 2.24) is 0 Å². The minimum atomic E-state index is -1.42. The fourth-order valence-corrected chi connectivity index (χ4v) is 3.19. The summed E-state index contributed by atoms with van der Waals surface area (Å²) in [7, 11) is 0. The number of imide groups is 1. The first-order valence-corrected chi connectivity index (χ1v) is 8.77. The molecule has 0 unspecified atom stereocenters. The molecule has 1 N–H and O–H groups in total. The van der Waals surface area contributed by atoms with E-state index in [1.54, 1.807) is 0 Å². The normalized spacial score (nSPS) is 11.0. The lowest BCUT2D eigenvalue weighted by Gasteiger charge is -2.17. The highest BCUT2D eigenvalue weighted by atomic mass is 16.4. The second kappa shape index (κ2) is 7.34. The summed E-state index contributed by atoms with van der Waals surface area (Å²) in [5.74, 6) is -3.51. The smallest absolute Gasteiger partial charge is 0.371 e. The van der Waals surface area contributed by atoms with E-state index in [0.717, 1.165) is 26.0 Å². The van der Waals surface area contributed by atoms with Gasteiger partial charge in [-0.1, -0.05) is 13.3 Å². The van der Waals surface area contributed by atoms with E-state index in [2.05, 4.69) is 0 Å².